The predicted octanol–water partition coefficient (Wildman–Crippen LogP) is 2.73. The van der Waals surface area contributed by atoms with Crippen molar-refractivity contribution in [3.63, 3.8) is 0 Å². The van der Waals surface area contributed by atoms with Gasteiger partial charge in [0, 0.05) is 4.88 Å². The minimum absolute atomic E-state index is 0.0622. The molecule has 1 heterocycles. The van der Waals surface area contributed by atoms with Gasteiger partial charge in [-0.15, -0.1) is 11.3 Å². The molecule has 0 aliphatic heterocycles. The van der Waals surface area contributed by atoms with Crippen LogP contribution in [0.4, 0.5) is 5.13 Å². The number of nitrogens with zero attached hydrogens (tertiary/aromatic N) is 1. The lowest BCUT2D eigenvalue weighted by Gasteiger charge is -2.21. The first-order valence-electron chi connectivity index (χ1n) is 6.89. The first kappa shape index (κ1) is 13.9. The second-order valence-corrected chi connectivity index (χ2v) is 6.22. The molecule has 1 aromatic heterocycles. The number of benzene rings is 1. The van der Waals surface area contributed by atoms with Gasteiger partial charge < -0.3 is 15.8 Å². The van der Waals surface area contributed by atoms with Crippen molar-refractivity contribution in [3.8, 4) is 5.75 Å². The topological polar surface area (TPSA) is 84.0 Å². The zero-order valence-electron chi connectivity index (χ0n) is 11.8. The summed E-state index contributed by atoms with van der Waals surface area (Å²) in [5.41, 5.74) is 7.85. The Morgan fingerprint density at radius 2 is 2.19 bits per heavy atom. The molecule has 4 N–H and O–H groups in total. The summed E-state index contributed by atoms with van der Waals surface area (Å²) in [6.45, 7) is 0. The third-order valence-electron chi connectivity index (χ3n) is 3.77. The highest BCUT2D eigenvalue weighted by atomic mass is 32.1. The Balaban J connectivity index is 1.76. The number of nitrogens with one attached hydrogen (secondary N) is 2. The van der Waals surface area contributed by atoms with Crippen LogP contribution < -0.4 is 15.8 Å². The number of anilines is 1. The van der Waals surface area contributed by atoms with E-state index in [1.54, 1.807) is 18.4 Å². The second kappa shape index (κ2) is 5.73. The van der Waals surface area contributed by atoms with Crippen LogP contribution >= 0.6 is 11.3 Å². The Kier molecular flexibility index (Phi) is 3.79. The Morgan fingerprint density at radius 1 is 1.43 bits per heavy atom. The zero-order chi connectivity index (χ0) is 14.8. The van der Waals surface area contributed by atoms with E-state index in [4.69, 9.17) is 15.9 Å². The largest absolute Gasteiger partial charge is 0.497 e. The highest BCUT2D eigenvalue weighted by molar-refractivity contribution is 7.15. The molecule has 0 saturated carbocycles. The Hall–Kier alpha value is -2.08. The zero-order valence-corrected chi connectivity index (χ0v) is 12.7. The molecule has 0 radical (unpaired) electrons. The molecule has 0 amide bonds. The van der Waals surface area contributed by atoms with Gasteiger partial charge in [-0.25, -0.2) is 4.98 Å². The van der Waals surface area contributed by atoms with Crippen molar-refractivity contribution < 1.29 is 4.74 Å². The van der Waals surface area contributed by atoms with E-state index in [2.05, 4.69) is 22.4 Å². The molecule has 2 aromatic rings. The highest BCUT2D eigenvalue weighted by Crippen LogP contribution is 2.37. The second-order valence-electron chi connectivity index (χ2n) is 5.14. The fraction of sp³-hybridized carbons (Fsp3) is 0.333. The number of hydrogen-bond donors (Lipinski definition) is 3. The maximum Gasteiger partial charge on any atom is 0.192 e. The van der Waals surface area contributed by atoms with E-state index >= 15 is 0 Å². The van der Waals surface area contributed by atoms with Gasteiger partial charge in [-0.05, 0) is 42.9 Å². The number of fused-ring (bicyclic) bond motifs is 1. The number of nitrogens with two attached hydrogens (primary N) is 1. The van der Waals surface area contributed by atoms with Crippen LogP contribution in [0.2, 0.25) is 0 Å². The van der Waals surface area contributed by atoms with Crippen molar-refractivity contribution in [2.45, 2.75) is 25.2 Å². The fourth-order valence-corrected chi connectivity index (χ4v) is 3.80. The van der Waals surface area contributed by atoms with Crippen LogP contribution in [-0.2, 0) is 12.8 Å². The van der Waals surface area contributed by atoms with Crippen LogP contribution in [0.5, 0.6) is 5.75 Å². The lowest BCUT2D eigenvalue weighted by atomic mass is 9.85. The number of methoxy groups -OCH3 is 1. The molecule has 5 nitrogen and oxygen atoms in total. The van der Waals surface area contributed by atoms with Crippen molar-refractivity contribution in [1.82, 2.24) is 4.98 Å². The fourth-order valence-electron chi connectivity index (χ4n) is 2.70. The van der Waals surface area contributed by atoms with Crippen molar-refractivity contribution in [1.29, 1.82) is 5.41 Å². The van der Waals surface area contributed by atoms with Crippen LogP contribution in [0, 0.1) is 5.41 Å². The van der Waals surface area contributed by atoms with Gasteiger partial charge in [0.15, 0.2) is 11.1 Å². The maximum atomic E-state index is 7.28. The normalized spacial score (nSPS) is 17.1. The van der Waals surface area contributed by atoms with E-state index in [0.29, 0.717) is 5.92 Å². The molecule has 0 spiro atoms. The smallest absolute Gasteiger partial charge is 0.192 e. The van der Waals surface area contributed by atoms with E-state index in [1.807, 2.05) is 12.1 Å². The lowest BCUT2D eigenvalue weighted by Crippen LogP contribution is -2.20. The Bertz CT molecular complexity index is 650. The molecule has 3 rings (SSSR count). The molecule has 6 heteroatoms. The first-order valence-corrected chi connectivity index (χ1v) is 7.71. The molecule has 1 atom stereocenters. The summed E-state index contributed by atoms with van der Waals surface area (Å²) in [6, 6.07) is 8.31. The Morgan fingerprint density at radius 3 is 2.86 bits per heavy atom. The van der Waals surface area contributed by atoms with Gasteiger partial charge in [0.1, 0.15) is 5.75 Å². The van der Waals surface area contributed by atoms with Gasteiger partial charge in [0.05, 0.1) is 12.8 Å². The highest BCUT2D eigenvalue weighted by Gasteiger charge is 2.23. The number of ether oxygens (including phenoxy) is 1. The summed E-state index contributed by atoms with van der Waals surface area (Å²) >= 11 is 1.60. The minimum Gasteiger partial charge on any atom is -0.497 e. The van der Waals surface area contributed by atoms with E-state index in [9.17, 15) is 0 Å². The number of rotatable bonds is 3. The molecule has 110 valence electrons. The van der Waals surface area contributed by atoms with Crippen molar-refractivity contribution in [3.05, 3.63) is 40.4 Å². The maximum absolute atomic E-state index is 7.28. The van der Waals surface area contributed by atoms with Crippen LogP contribution in [-0.4, -0.2) is 18.1 Å². The number of guanidine groups is 1. The van der Waals surface area contributed by atoms with Crippen molar-refractivity contribution in [2.24, 2.45) is 5.73 Å². The SMILES string of the molecule is COc1ccc(C2CCc3nc(NC(=N)N)sc3C2)cc1. The summed E-state index contributed by atoms with van der Waals surface area (Å²) in [5.74, 6) is 1.35. The van der Waals surface area contributed by atoms with Crippen molar-refractivity contribution >= 4 is 22.4 Å². The number of aromatic nitrogens is 1. The van der Waals surface area contributed by atoms with Gasteiger partial charge >= 0.3 is 0 Å². The van der Waals surface area contributed by atoms with Crippen LogP contribution in [0.15, 0.2) is 24.3 Å². The minimum atomic E-state index is -0.0622. The summed E-state index contributed by atoms with van der Waals surface area (Å²) in [4.78, 5) is 5.81. The molecule has 0 bridgehead atoms. The third-order valence-corrected chi connectivity index (χ3v) is 4.80. The average Bonchev–Trinajstić information content (AvgIpc) is 2.87. The van der Waals surface area contributed by atoms with E-state index in [1.165, 1.54) is 10.4 Å². The molecule has 1 aliphatic rings. The molecule has 1 unspecified atom stereocenters. The van der Waals surface area contributed by atoms with Crippen LogP contribution in [0.25, 0.3) is 0 Å². The van der Waals surface area contributed by atoms with E-state index in [-0.39, 0.29) is 5.96 Å². The Labute approximate surface area is 127 Å². The number of hydrogen-bond acceptors (Lipinski definition) is 4. The third kappa shape index (κ3) is 3.00. The van der Waals surface area contributed by atoms with Crippen LogP contribution in [0.1, 0.15) is 28.5 Å². The monoisotopic (exact) mass is 302 g/mol. The predicted molar refractivity (Wildman–Crippen MR) is 85.4 cm³/mol. The number of thiazole rings is 1. The molecular formula is C15H18N4OS. The van der Waals surface area contributed by atoms with Crippen LogP contribution in [0.3, 0.4) is 0 Å². The quantitative estimate of drug-likeness (QED) is 0.601. The summed E-state index contributed by atoms with van der Waals surface area (Å²) in [5, 5.41) is 10.8. The number of aryl methyl sites for hydroxylation is 1. The first-order chi connectivity index (χ1) is 10.2. The standard InChI is InChI=1S/C15H18N4OS/c1-20-11-5-2-9(3-6-11)10-4-7-12-13(8-10)21-15(18-12)19-14(16)17/h2-3,5-6,10H,4,7-8H2,1H3,(H4,16,17,18,19). The molecule has 0 saturated heterocycles. The molecular weight excluding hydrogens is 284 g/mol. The van der Waals surface area contributed by atoms with Gasteiger partial charge in [-0.2, -0.15) is 0 Å². The van der Waals surface area contributed by atoms with Gasteiger partial charge in [-0.1, -0.05) is 12.1 Å². The van der Waals surface area contributed by atoms with E-state index < -0.39 is 0 Å². The van der Waals surface area contributed by atoms with Gasteiger partial charge in [-0.3, -0.25) is 5.41 Å². The van der Waals surface area contributed by atoms with E-state index in [0.717, 1.165) is 35.8 Å². The molecule has 1 aromatic carbocycles. The average molecular weight is 302 g/mol. The molecule has 0 fully saturated rings. The molecule has 1 aliphatic carbocycles. The summed E-state index contributed by atoms with van der Waals surface area (Å²) < 4.78 is 5.20. The summed E-state index contributed by atoms with van der Waals surface area (Å²) in [6.07, 6.45) is 3.07. The summed E-state index contributed by atoms with van der Waals surface area (Å²) in [7, 11) is 1.68. The molecule has 21 heavy (non-hydrogen) atoms. The van der Waals surface area contributed by atoms with Gasteiger partial charge in [0.25, 0.3) is 0 Å². The van der Waals surface area contributed by atoms with Crippen molar-refractivity contribution in [2.75, 3.05) is 12.4 Å². The lowest BCUT2D eigenvalue weighted by molar-refractivity contribution is 0.414. The van der Waals surface area contributed by atoms with Gasteiger partial charge in [0.2, 0.25) is 0 Å².